The average molecular weight is 523 g/mol. The number of hydrogen-bond donors (Lipinski definition) is 2. The Kier molecular flexibility index (Phi) is 9.13. The fourth-order valence-electron chi connectivity index (χ4n) is 2.40. The number of ether oxygens (including phenoxy) is 3. The zero-order valence-corrected chi connectivity index (χ0v) is 18.8. The third-order valence-electron chi connectivity index (χ3n) is 3.70. The van der Waals surface area contributed by atoms with Crippen LogP contribution in [-0.4, -0.2) is 38.9 Å². The Morgan fingerprint density at radius 1 is 1.13 bits per heavy atom. The molecule has 2 N–H and O–H groups in total. The number of anilines is 1. The van der Waals surface area contributed by atoms with Gasteiger partial charge >= 0.3 is 0 Å². The van der Waals surface area contributed by atoms with E-state index < -0.39 is 11.8 Å². The molecule has 2 aromatic rings. The molecule has 158 valence electrons. The number of carbonyl (C=O) groups excluding carboxylic acids is 2. The second-order valence-electron chi connectivity index (χ2n) is 5.85. The molecule has 0 aliphatic carbocycles. The topological polar surface area (TPSA) is 98.2 Å². The Morgan fingerprint density at radius 3 is 2.57 bits per heavy atom. The van der Waals surface area contributed by atoms with Gasteiger partial charge in [0.05, 0.1) is 29.7 Å². The van der Waals surface area contributed by atoms with Crippen LogP contribution in [0.2, 0.25) is 0 Å². The van der Waals surface area contributed by atoms with Gasteiger partial charge in [0.15, 0.2) is 11.5 Å². The van der Waals surface area contributed by atoms with Gasteiger partial charge in [-0.05, 0) is 52.4 Å². The zero-order chi connectivity index (χ0) is 21.9. The Bertz CT molecular complexity index is 946. The van der Waals surface area contributed by atoms with Crippen LogP contribution in [0.15, 0.2) is 54.2 Å². The molecule has 0 aliphatic rings. The van der Waals surface area contributed by atoms with E-state index in [1.54, 1.807) is 36.4 Å². The van der Waals surface area contributed by atoms with Crippen molar-refractivity contribution < 1.29 is 23.8 Å². The van der Waals surface area contributed by atoms with Gasteiger partial charge in [0, 0.05) is 0 Å². The maximum Gasteiger partial charge on any atom is 0.249 e. The molecular formula is C21H22IN3O5. The first kappa shape index (κ1) is 23.2. The van der Waals surface area contributed by atoms with Crippen molar-refractivity contribution in [2.45, 2.75) is 6.42 Å². The summed E-state index contributed by atoms with van der Waals surface area (Å²) < 4.78 is 16.9. The highest BCUT2D eigenvalue weighted by Gasteiger charge is 2.12. The molecule has 0 radical (unpaired) electrons. The summed E-state index contributed by atoms with van der Waals surface area (Å²) in [4.78, 5) is 24.0. The van der Waals surface area contributed by atoms with E-state index in [1.807, 2.05) is 6.07 Å². The van der Waals surface area contributed by atoms with Gasteiger partial charge in [0.2, 0.25) is 11.8 Å². The number of hydrazone groups is 1. The van der Waals surface area contributed by atoms with Crippen LogP contribution in [0.4, 0.5) is 5.69 Å². The highest BCUT2D eigenvalue weighted by atomic mass is 127. The molecule has 0 aliphatic heterocycles. The van der Waals surface area contributed by atoms with Gasteiger partial charge in [0.1, 0.15) is 18.8 Å². The molecule has 9 heteroatoms. The summed E-state index contributed by atoms with van der Waals surface area (Å²) in [6, 6.07) is 10.5. The van der Waals surface area contributed by atoms with Crippen molar-refractivity contribution in [1.82, 2.24) is 5.43 Å². The number of hydrogen-bond acceptors (Lipinski definition) is 6. The number of methoxy groups -OCH3 is 2. The lowest BCUT2D eigenvalue weighted by Crippen LogP contribution is -2.24. The summed E-state index contributed by atoms with van der Waals surface area (Å²) in [5, 5.41) is 6.53. The molecule has 8 nitrogen and oxygen atoms in total. The third kappa shape index (κ3) is 6.76. The third-order valence-corrected chi connectivity index (χ3v) is 4.50. The summed E-state index contributed by atoms with van der Waals surface area (Å²) in [6.07, 6.45) is 2.72. The van der Waals surface area contributed by atoms with Crippen molar-refractivity contribution in [1.29, 1.82) is 0 Å². The van der Waals surface area contributed by atoms with Gasteiger partial charge in [-0.3, -0.25) is 9.59 Å². The van der Waals surface area contributed by atoms with Crippen molar-refractivity contribution in [3.63, 3.8) is 0 Å². The van der Waals surface area contributed by atoms with Crippen LogP contribution >= 0.6 is 22.6 Å². The minimum Gasteiger partial charge on any atom is -0.495 e. The second kappa shape index (κ2) is 11.8. The Morgan fingerprint density at radius 2 is 1.87 bits per heavy atom. The van der Waals surface area contributed by atoms with Crippen LogP contribution in [0.25, 0.3) is 0 Å². The van der Waals surface area contributed by atoms with E-state index in [4.69, 9.17) is 14.2 Å². The first-order valence-electron chi connectivity index (χ1n) is 8.84. The largest absolute Gasteiger partial charge is 0.495 e. The van der Waals surface area contributed by atoms with E-state index >= 15 is 0 Å². The van der Waals surface area contributed by atoms with Crippen LogP contribution in [0.5, 0.6) is 17.2 Å². The number of amides is 2. The van der Waals surface area contributed by atoms with Crippen LogP contribution in [0, 0.1) is 3.57 Å². The maximum absolute atomic E-state index is 12.1. The highest BCUT2D eigenvalue weighted by Crippen LogP contribution is 2.33. The number of halogens is 1. The number of nitrogens with zero attached hydrogens (tertiary/aromatic N) is 1. The minimum absolute atomic E-state index is 0.354. The van der Waals surface area contributed by atoms with Crippen LogP contribution in [0.3, 0.4) is 0 Å². The molecule has 0 spiro atoms. The molecule has 0 bridgehead atoms. The summed E-state index contributed by atoms with van der Waals surface area (Å²) in [5.41, 5.74) is 3.52. The number of nitrogens with one attached hydrogen (secondary N) is 2. The molecule has 0 aromatic heterocycles. The lowest BCUT2D eigenvalue weighted by molar-refractivity contribution is -0.126. The van der Waals surface area contributed by atoms with Crippen molar-refractivity contribution in [3.8, 4) is 17.2 Å². The monoisotopic (exact) mass is 523 g/mol. The molecular weight excluding hydrogens is 501 g/mol. The van der Waals surface area contributed by atoms with Crippen molar-refractivity contribution >= 4 is 46.3 Å². The van der Waals surface area contributed by atoms with Crippen molar-refractivity contribution in [3.05, 3.63) is 58.2 Å². The molecule has 0 unspecified atom stereocenters. The summed E-state index contributed by atoms with van der Waals surface area (Å²) in [6.45, 7) is 3.98. The molecule has 2 aromatic carbocycles. The van der Waals surface area contributed by atoms with Gasteiger partial charge in [-0.2, -0.15) is 5.10 Å². The van der Waals surface area contributed by atoms with Gasteiger partial charge in [-0.1, -0.05) is 24.8 Å². The number of para-hydroxylation sites is 2. The molecule has 0 heterocycles. The second-order valence-corrected chi connectivity index (χ2v) is 7.01. The van der Waals surface area contributed by atoms with E-state index in [0.29, 0.717) is 35.1 Å². The standard InChI is InChI=1S/C21H22IN3O5/c1-4-9-30-21-15(22)10-14(11-18(21)29-3)13-23-25-20(27)12-19(26)24-16-7-5-6-8-17(16)28-2/h4-8,10-11,13H,1,9,12H2,2-3H3,(H,24,26)(H,25,27). The fourth-order valence-corrected chi connectivity index (χ4v) is 3.18. The predicted octanol–water partition coefficient (Wildman–Crippen LogP) is 3.35. The molecule has 0 saturated carbocycles. The SMILES string of the molecule is C=CCOc1c(I)cc(C=NNC(=O)CC(=O)Nc2ccccc2OC)cc1OC. The van der Waals surface area contributed by atoms with Gasteiger partial charge in [-0.25, -0.2) is 5.43 Å². The first-order chi connectivity index (χ1) is 14.5. The van der Waals surface area contributed by atoms with Gasteiger partial charge in [0.25, 0.3) is 0 Å². The maximum atomic E-state index is 12.1. The van der Waals surface area contributed by atoms with Gasteiger partial charge < -0.3 is 19.5 Å². The molecule has 2 rings (SSSR count). The summed E-state index contributed by atoms with van der Waals surface area (Å²) >= 11 is 2.12. The molecule has 30 heavy (non-hydrogen) atoms. The molecule has 0 saturated heterocycles. The first-order valence-corrected chi connectivity index (χ1v) is 9.92. The minimum atomic E-state index is -0.550. The zero-order valence-electron chi connectivity index (χ0n) is 16.6. The van der Waals surface area contributed by atoms with Crippen LogP contribution in [0.1, 0.15) is 12.0 Å². The number of benzene rings is 2. The Labute approximate surface area is 188 Å². The Hall–Kier alpha value is -3.08. The Balaban J connectivity index is 1.94. The lowest BCUT2D eigenvalue weighted by atomic mass is 10.2. The quantitative estimate of drug-likeness (QED) is 0.164. The van der Waals surface area contributed by atoms with Crippen LogP contribution < -0.4 is 25.0 Å². The normalized spacial score (nSPS) is 10.4. The number of rotatable bonds is 10. The highest BCUT2D eigenvalue weighted by molar-refractivity contribution is 14.1. The van der Waals surface area contributed by atoms with Crippen LogP contribution in [-0.2, 0) is 9.59 Å². The predicted molar refractivity (Wildman–Crippen MR) is 123 cm³/mol. The van der Waals surface area contributed by atoms with E-state index in [1.165, 1.54) is 20.4 Å². The smallest absolute Gasteiger partial charge is 0.249 e. The fraction of sp³-hybridized carbons (Fsp3) is 0.190. The lowest BCUT2D eigenvalue weighted by Gasteiger charge is -2.12. The molecule has 0 atom stereocenters. The van der Waals surface area contributed by atoms with Gasteiger partial charge in [-0.15, -0.1) is 0 Å². The van der Waals surface area contributed by atoms with Crippen molar-refractivity contribution in [2.24, 2.45) is 5.10 Å². The molecule has 2 amide bonds. The summed E-state index contributed by atoms with van der Waals surface area (Å²) in [7, 11) is 3.04. The van der Waals surface area contributed by atoms with E-state index in [9.17, 15) is 9.59 Å². The van der Waals surface area contributed by atoms with E-state index in [-0.39, 0.29) is 6.42 Å². The van der Waals surface area contributed by atoms with Crippen molar-refractivity contribution in [2.75, 3.05) is 26.1 Å². The summed E-state index contributed by atoms with van der Waals surface area (Å²) in [5.74, 6) is 0.617. The molecule has 0 fully saturated rings. The van der Waals surface area contributed by atoms with E-state index in [0.717, 1.165) is 3.57 Å². The van der Waals surface area contributed by atoms with E-state index in [2.05, 4.69) is 45.0 Å². The number of carbonyl (C=O) groups is 2. The average Bonchev–Trinajstić information content (AvgIpc) is 2.72.